The number of hydrogen-bond donors (Lipinski definition) is 2. The Bertz CT molecular complexity index is 314. The summed E-state index contributed by atoms with van der Waals surface area (Å²) in [6.07, 6.45) is 0. The van der Waals surface area contributed by atoms with E-state index >= 15 is 0 Å². The summed E-state index contributed by atoms with van der Waals surface area (Å²) < 4.78 is 4.61. The van der Waals surface area contributed by atoms with Crippen LogP contribution in [0.5, 0.6) is 0 Å². The van der Waals surface area contributed by atoms with Gasteiger partial charge in [0.1, 0.15) is 0 Å². The molecule has 0 bridgehead atoms. The van der Waals surface area contributed by atoms with Crippen molar-refractivity contribution in [1.82, 2.24) is 0 Å². The molecule has 0 aromatic heterocycles. The molecular weight excluding hydrogens is 228 g/mol. The summed E-state index contributed by atoms with van der Waals surface area (Å²) in [5.74, 6) is -6.84. The molecule has 17 heavy (non-hydrogen) atoms. The molecule has 0 aliphatic carbocycles. The van der Waals surface area contributed by atoms with Crippen LogP contribution in [0.3, 0.4) is 0 Å². The van der Waals surface area contributed by atoms with Gasteiger partial charge in [-0.15, -0.1) is 0 Å². The fourth-order valence-corrected chi connectivity index (χ4v) is 1.62. The van der Waals surface area contributed by atoms with Crippen molar-refractivity contribution < 1.29 is 29.3 Å². The molecule has 0 fully saturated rings. The molecule has 0 aliphatic rings. The summed E-state index contributed by atoms with van der Waals surface area (Å²) in [4.78, 5) is 33.7. The van der Waals surface area contributed by atoms with Gasteiger partial charge in [0.25, 0.3) is 0 Å². The first-order valence-corrected chi connectivity index (χ1v) is 5.25. The minimum Gasteiger partial charge on any atom is -0.481 e. The predicted molar refractivity (Wildman–Crippen MR) is 58.3 cm³/mol. The number of carboxylic acid groups (broad SMARTS) is 2. The van der Waals surface area contributed by atoms with E-state index in [0.29, 0.717) is 0 Å². The molecular formula is C11H18O6. The van der Waals surface area contributed by atoms with Crippen molar-refractivity contribution in [3.8, 4) is 0 Å². The Kier molecular flexibility index (Phi) is 5.12. The molecule has 2 atom stereocenters. The van der Waals surface area contributed by atoms with Crippen LogP contribution < -0.4 is 0 Å². The Hall–Kier alpha value is -1.59. The van der Waals surface area contributed by atoms with E-state index in [4.69, 9.17) is 10.2 Å². The summed E-state index contributed by atoms with van der Waals surface area (Å²) in [5, 5.41) is 18.1. The van der Waals surface area contributed by atoms with Crippen LogP contribution in [0.1, 0.15) is 27.7 Å². The van der Waals surface area contributed by atoms with Crippen LogP contribution in [-0.4, -0.2) is 34.7 Å². The molecule has 0 radical (unpaired) electrons. The maximum atomic E-state index is 11.5. The van der Waals surface area contributed by atoms with Crippen molar-refractivity contribution in [2.24, 2.45) is 17.3 Å². The summed E-state index contributed by atoms with van der Waals surface area (Å²) in [6.45, 7) is 6.26. The van der Waals surface area contributed by atoms with Crippen LogP contribution in [0.4, 0.5) is 0 Å². The minimum atomic E-state index is -1.69. The van der Waals surface area contributed by atoms with Crippen LogP contribution in [0.15, 0.2) is 0 Å². The molecule has 6 nitrogen and oxygen atoms in total. The lowest BCUT2D eigenvalue weighted by Gasteiger charge is -2.30. The fraction of sp³-hybridized carbons (Fsp3) is 0.727. The van der Waals surface area contributed by atoms with Crippen molar-refractivity contribution in [3.05, 3.63) is 0 Å². The first-order valence-electron chi connectivity index (χ1n) is 5.25. The molecule has 0 aromatic carbocycles. The SMILES string of the molecule is CCOC(=O)C(C(=O)O)C(C(=O)O)C(C)(C)C. The first-order chi connectivity index (χ1) is 7.62. The Labute approximate surface area is 99.6 Å². The maximum absolute atomic E-state index is 11.5. The van der Waals surface area contributed by atoms with Gasteiger partial charge in [-0.05, 0) is 12.3 Å². The zero-order valence-corrected chi connectivity index (χ0v) is 10.4. The Morgan fingerprint density at radius 2 is 1.59 bits per heavy atom. The monoisotopic (exact) mass is 246 g/mol. The van der Waals surface area contributed by atoms with E-state index in [1.54, 1.807) is 20.8 Å². The number of aliphatic carboxylic acids is 2. The first kappa shape index (κ1) is 15.4. The standard InChI is InChI=1S/C11H18O6/c1-5-17-10(16)6(8(12)13)7(9(14)15)11(2,3)4/h6-7H,5H2,1-4H3,(H,12,13)(H,14,15). The number of carbonyl (C=O) groups is 3. The summed E-state index contributed by atoms with van der Waals surface area (Å²) in [7, 11) is 0. The third-order valence-electron chi connectivity index (χ3n) is 2.34. The van der Waals surface area contributed by atoms with Crippen LogP contribution in [0.25, 0.3) is 0 Å². The lowest BCUT2D eigenvalue weighted by atomic mass is 9.73. The third-order valence-corrected chi connectivity index (χ3v) is 2.34. The summed E-state index contributed by atoms with van der Waals surface area (Å²) >= 11 is 0. The number of esters is 1. The van der Waals surface area contributed by atoms with E-state index in [0.717, 1.165) is 0 Å². The molecule has 0 saturated carbocycles. The number of carboxylic acids is 2. The summed E-state index contributed by atoms with van der Waals surface area (Å²) in [6, 6.07) is 0. The van der Waals surface area contributed by atoms with Gasteiger partial charge in [-0.2, -0.15) is 0 Å². The second-order valence-corrected chi connectivity index (χ2v) is 4.75. The largest absolute Gasteiger partial charge is 0.481 e. The normalized spacial score (nSPS) is 14.8. The second kappa shape index (κ2) is 5.65. The highest BCUT2D eigenvalue weighted by molar-refractivity contribution is 5.98. The van der Waals surface area contributed by atoms with Crippen LogP contribution in [0.2, 0.25) is 0 Å². The molecule has 0 heterocycles. The highest BCUT2D eigenvalue weighted by Gasteiger charge is 2.47. The molecule has 0 aliphatic heterocycles. The molecule has 0 saturated heterocycles. The predicted octanol–water partition coefficient (Wildman–Crippen LogP) is 0.997. The highest BCUT2D eigenvalue weighted by atomic mass is 16.5. The van der Waals surface area contributed by atoms with E-state index in [1.807, 2.05) is 0 Å². The van der Waals surface area contributed by atoms with Gasteiger partial charge in [0.2, 0.25) is 0 Å². The minimum absolute atomic E-state index is 0.0130. The van der Waals surface area contributed by atoms with Crippen LogP contribution >= 0.6 is 0 Å². The van der Waals surface area contributed by atoms with Gasteiger partial charge < -0.3 is 14.9 Å². The molecule has 6 heteroatoms. The fourth-order valence-electron chi connectivity index (χ4n) is 1.62. The van der Waals surface area contributed by atoms with Gasteiger partial charge in [-0.3, -0.25) is 14.4 Å². The zero-order valence-electron chi connectivity index (χ0n) is 10.4. The van der Waals surface area contributed by atoms with Gasteiger partial charge in [0.15, 0.2) is 5.92 Å². The maximum Gasteiger partial charge on any atom is 0.321 e. The van der Waals surface area contributed by atoms with E-state index in [9.17, 15) is 14.4 Å². The number of ether oxygens (including phenoxy) is 1. The van der Waals surface area contributed by atoms with E-state index < -0.39 is 35.2 Å². The number of hydrogen-bond acceptors (Lipinski definition) is 4. The topological polar surface area (TPSA) is 101 Å². The smallest absolute Gasteiger partial charge is 0.321 e. The van der Waals surface area contributed by atoms with Crippen molar-refractivity contribution >= 4 is 17.9 Å². The Morgan fingerprint density at radius 3 is 1.82 bits per heavy atom. The molecule has 0 spiro atoms. The van der Waals surface area contributed by atoms with Gasteiger partial charge in [-0.25, -0.2) is 0 Å². The number of rotatable bonds is 5. The quantitative estimate of drug-likeness (QED) is 0.554. The van der Waals surface area contributed by atoms with Gasteiger partial charge >= 0.3 is 17.9 Å². The Morgan fingerprint density at radius 1 is 1.12 bits per heavy atom. The molecule has 98 valence electrons. The molecule has 2 N–H and O–H groups in total. The second-order valence-electron chi connectivity index (χ2n) is 4.75. The summed E-state index contributed by atoms with van der Waals surface area (Å²) in [5.41, 5.74) is -0.859. The van der Waals surface area contributed by atoms with E-state index in [2.05, 4.69) is 4.74 Å². The van der Waals surface area contributed by atoms with Gasteiger partial charge in [0.05, 0.1) is 12.5 Å². The average Bonchev–Trinajstić information content (AvgIpc) is 2.10. The van der Waals surface area contributed by atoms with Crippen molar-refractivity contribution in [1.29, 1.82) is 0 Å². The van der Waals surface area contributed by atoms with E-state index in [1.165, 1.54) is 6.92 Å². The lowest BCUT2D eigenvalue weighted by Crippen LogP contribution is -2.43. The van der Waals surface area contributed by atoms with Crippen LogP contribution in [0, 0.1) is 17.3 Å². The van der Waals surface area contributed by atoms with Crippen LogP contribution in [-0.2, 0) is 19.1 Å². The molecule has 2 unspecified atom stereocenters. The lowest BCUT2D eigenvalue weighted by molar-refractivity contribution is -0.171. The molecule has 0 amide bonds. The van der Waals surface area contributed by atoms with Gasteiger partial charge in [0, 0.05) is 0 Å². The zero-order chi connectivity index (χ0) is 13.8. The third kappa shape index (κ3) is 4.05. The van der Waals surface area contributed by atoms with Gasteiger partial charge in [-0.1, -0.05) is 20.8 Å². The van der Waals surface area contributed by atoms with Crippen molar-refractivity contribution in [3.63, 3.8) is 0 Å². The number of carbonyl (C=O) groups excluding carboxylic acids is 1. The molecule has 0 aromatic rings. The highest BCUT2D eigenvalue weighted by Crippen LogP contribution is 2.33. The molecule has 0 rings (SSSR count). The average molecular weight is 246 g/mol. The van der Waals surface area contributed by atoms with Crippen molar-refractivity contribution in [2.75, 3.05) is 6.61 Å². The Balaban J connectivity index is 5.34. The van der Waals surface area contributed by atoms with Crippen molar-refractivity contribution in [2.45, 2.75) is 27.7 Å². The van der Waals surface area contributed by atoms with E-state index in [-0.39, 0.29) is 6.61 Å².